The van der Waals surface area contributed by atoms with E-state index in [-0.39, 0.29) is 11.5 Å². The van der Waals surface area contributed by atoms with Crippen molar-refractivity contribution < 1.29 is 9.72 Å². The van der Waals surface area contributed by atoms with E-state index in [1.54, 1.807) is 0 Å². The van der Waals surface area contributed by atoms with Gasteiger partial charge < -0.3 is 4.79 Å². The first-order valence-corrected chi connectivity index (χ1v) is 4.33. The predicted octanol–water partition coefficient (Wildman–Crippen LogP) is 1.80. The van der Waals surface area contributed by atoms with Gasteiger partial charge in [0.05, 0.1) is 0 Å². The van der Waals surface area contributed by atoms with Gasteiger partial charge in [0.2, 0.25) is 6.54 Å². The number of carbonyl (C=O) groups excluding carboxylic acids is 1. The summed E-state index contributed by atoms with van der Waals surface area (Å²) in [6.45, 7) is 0.0771. The number of hydrogen-bond acceptors (Lipinski definition) is 3. The number of nitrogens with zero attached hydrogens (tertiary/aromatic N) is 1. The summed E-state index contributed by atoms with van der Waals surface area (Å²) in [6.07, 6.45) is 6.03. The molecule has 0 fully saturated rings. The molecule has 70 valence electrons. The highest BCUT2D eigenvalue weighted by Crippen LogP contribution is 2.03. The minimum Gasteiger partial charge on any atom is -0.303 e. The minimum absolute atomic E-state index is 0.0771. The average molecular weight is 173 g/mol. The molecule has 0 bridgehead atoms. The van der Waals surface area contributed by atoms with Crippen LogP contribution >= 0.6 is 0 Å². The van der Waals surface area contributed by atoms with Crippen molar-refractivity contribution in [2.24, 2.45) is 0 Å². The van der Waals surface area contributed by atoms with Crippen LogP contribution in [-0.2, 0) is 4.79 Å². The molecule has 0 rings (SSSR count). The smallest absolute Gasteiger partial charge is 0.203 e. The summed E-state index contributed by atoms with van der Waals surface area (Å²) in [6, 6.07) is 0. The van der Waals surface area contributed by atoms with Crippen LogP contribution in [0.15, 0.2) is 0 Å². The number of carbonyl (C=O) groups is 1. The maximum absolute atomic E-state index is 9.89. The maximum Gasteiger partial charge on any atom is 0.203 e. The van der Waals surface area contributed by atoms with Crippen molar-refractivity contribution in [1.29, 1.82) is 0 Å². The zero-order chi connectivity index (χ0) is 9.23. The molecule has 0 amide bonds. The second kappa shape index (κ2) is 8.17. The van der Waals surface area contributed by atoms with Gasteiger partial charge in [-0.2, -0.15) is 0 Å². The van der Waals surface area contributed by atoms with Crippen molar-refractivity contribution >= 4 is 6.29 Å². The molecule has 0 atom stereocenters. The zero-order valence-corrected chi connectivity index (χ0v) is 7.20. The molecule has 4 heteroatoms. The highest BCUT2D eigenvalue weighted by molar-refractivity contribution is 5.48. The fourth-order valence-electron chi connectivity index (χ4n) is 0.999. The van der Waals surface area contributed by atoms with Crippen LogP contribution in [0, 0.1) is 10.1 Å². The quantitative estimate of drug-likeness (QED) is 0.243. The number of hydrogen-bond donors (Lipinski definition) is 0. The molecule has 4 nitrogen and oxygen atoms in total. The lowest BCUT2D eigenvalue weighted by Gasteiger charge is -1.95. The molecule has 0 saturated heterocycles. The van der Waals surface area contributed by atoms with Crippen molar-refractivity contribution in [1.82, 2.24) is 0 Å². The Hall–Kier alpha value is -0.930. The van der Waals surface area contributed by atoms with Gasteiger partial charge in [-0.3, -0.25) is 10.1 Å². The fraction of sp³-hybridized carbons (Fsp3) is 0.875. The molecule has 0 aromatic heterocycles. The summed E-state index contributed by atoms with van der Waals surface area (Å²) in [4.78, 5) is 19.5. The van der Waals surface area contributed by atoms with Gasteiger partial charge in [0.25, 0.3) is 0 Å². The van der Waals surface area contributed by atoms with Crippen molar-refractivity contribution in [3.63, 3.8) is 0 Å². The molecule has 0 radical (unpaired) electrons. The molecule has 0 aromatic carbocycles. The number of aldehydes is 1. The predicted molar refractivity (Wildman–Crippen MR) is 45.6 cm³/mol. The van der Waals surface area contributed by atoms with Gasteiger partial charge in [-0.1, -0.05) is 12.8 Å². The zero-order valence-electron chi connectivity index (χ0n) is 7.20. The van der Waals surface area contributed by atoms with E-state index >= 15 is 0 Å². The van der Waals surface area contributed by atoms with Crippen LogP contribution in [0.4, 0.5) is 0 Å². The molecule has 0 unspecified atom stereocenters. The molecule has 0 N–H and O–H groups in total. The van der Waals surface area contributed by atoms with Gasteiger partial charge in [0, 0.05) is 17.8 Å². The number of unbranched alkanes of at least 4 members (excludes halogenated alkanes) is 5. The third-order valence-corrected chi connectivity index (χ3v) is 1.66. The molecule has 0 saturated carbocycles. The van der Waals surface area contributed by atoms with Crippen molar-refractivity contribution in [2.45, 2.75) is 38.5 Å². The lowest BCUT2D eigenvalue weighted by atomic mass is 10.1. The Bertz CT molecular complexity index is 136. The van der Waals surface area contributed by atoms with Crippen LogP contribution in [0.2, 0.25) is 0 Å². The molecule has 0 aromatic rings. The van der Waals surface area contributed by atoms with Crippen LogP contribution in [-0.4, -0.2) is 17.8 Å². The van der Waals surface area contributed by atoms with Gasteiger partial charge in [-0.05, 0) is 12.8 Å². The molecule has 0 heterocycles. The van der Waals surface area contributed by atoms with Crippen LogP contribution in [0.25, 0.3) is 0 Å². The summed E-state index contributed by atoms with van der Waals surface area (Å²) in [5, 5.41) is 9.89. The van der Waals surface area contributed by atoms with Crippen LogP contribution < -0.4 is 0 Å². The topological polar surface area (TPSA) is 60.2 Å². The summed E-state index contributed by atoms with van der Waals surface area (Å²) in [5.74, 6) is 0. The molecule has 0 spiro atoms. The van der Waals surface area contributed by atoms with Crippen LogP contribution in [0.1, 0.15) is 38.5 Å². The summed E-state index contributed by atoms with van der Waals surface area (Å²) in [5.41, 5.74) is 0. The van der Waals surface area contributed by atoms with E-state index < -0.39 is 0 Å². The van der Waals surface area contributed by atoms with Crippen molar-refractivity contribution in [3.05, 3.63) is 10.1 Å². The van der Waals surface area contributed by atoms with Gasteiger partial charge in [0.1, 0.15) is 6.29 Å². The summed E-state index contributed by atoms with van der Waals surface area (Å²) in [7, 11) is 0. The molecule has 0 aliphatic rings. The summed E-state index contributed by atoms with van der Waals surface area (Å²) < 4.78 is 0. The molecule has 0 aliphatic carbocycles. The lowest BCUT2D eigenvalue weighted by Crippen LogP contribution is -1.99. The van der Waals surface area contributed by atoms with E-state index in [4.69, 9.17) is 0 Å². The first-order chi connectivity index (χ1) is 5.77. The second-order valence-corrected chi connectivity index (χ2v) is 2.78. The first-order valence-electron chi connectivity index (χ1n) is 4.33. The monoisotopic (exact) mass is 173 g/mol. The van der Waals surface area contributed by atoms with E-state index in [1.807, 2.05) is 0 Å². The Balaban J connectivity index is 2.90. The standard InChI is InChI=1S/C8H15NO3/c10-8-6-4-2-1-3-5-7-9(11)12/h8H,1-7H2. The van der Waals surface area contributed by atoms with Gasteiger partial charge in [-0.15, -0.1) is 0 Å². The molecular weight excluding hydrogens is 158 g/mol. The Morgan fingerprint density at radius 1 is 1.08 bits per heavy atom. The number of nitro groups is 1. The Morgan fingerprint density at radius 3 is 2.25 bits per heavy atom. The highest BCUT2D eigenvalue weighted by atomic mass is 16.6. The van der Waals surface area contributed by atoms with Crippen molar-refractivity contribution in [3.8, 4) is 0 Å². The SMILES string of the molecule is O=CCCCCCCC[N+](=O)[O-]. The second-order valence-electron chi connectivity index (χ2n) is 2.78. The van der Waals surface area contributed by atoms with E-state index in [2.05, 4.69) is 0 Å². The van der Waals surface area contributed by atoms with Crippen LogP contribution in [0.3, 0.4) is 0 Å². The van der Waals surface area contributed by atoms with E-state index in [9.17, 15) is 14.9 Å². The normalized spacial score (nSPS) is 9.67. The van der Waals surface area contributed by atoms with E-state index in [0.717, 1.165) is 32.0 Å². The fourth-order valence-corrected chi connectivity index (χ4v) is 0.999. The molecular formula is C8H15NO3. The largest absolute Gasteiger partial charge is 0.303 e. The maximum atomic E-state index is 9.89. The highest BCUT2D eigenvalue weighted by Gasteiger charge is 1.96. The van der Waals surface area contributed by atoms with Gasteiger partial charge in [0.15, 0.2) is 0 Å². The minimum atomic E-state index is -0.286. The third kappa shape index (κ3) is 9.07. The molecule has 12 heavy (non-hydrogen) atoms. The summed E-state index contributed by atoms with van der Waals surface area (Å²) >= 11 is 0. The average Bonchev–Trinajstić information content (AvgIpc) is 2.02. The third-order valence-electron chi connectivity index (χ3n) is 1.66. The van der Waals surface area contributed by atoms with Crippen LogP contribution in [0.5, 0.6) is 0 Å². The van der Waals surface area contributed by atoms with E-state index in [0.29, 0.717) is 12.8 Å². The Labute approximate surface area is 72.1 Å². The van der Waals surface area contributed by atoms with E-state index in [1.165, 1.54) is 0 Å². The van der Waals surface area contributed by atoms with Gasteiger partial charge in [-0.25, -0.2) is 0 Å². The Morgan fingerprint density at radius 2 is 1.67 bits per heavy atom. The Kier molecular flexibility index (Phi) is 7.54. The lowest BCUT2D eigenvalue weighted by molar-refractivity contribution is -0.480. The number of rotatable bonds is 8. The van der Waals surface area contributed by atoms with Gasteiger partial charge >= 0.3 is 0 Å². The molecule has 0 aliphatic heterocycles. The first kappa shape index (κ1) is 11.1. The van der Waals surface area contributed by atoms with Crippen molar-refractivity contribution in [2.75, 3.05) is 6.54 Å².